The Hall–Kier alpha value is -1.68. The first kappa shape index (κ1) is 12.8. The van der Waals surface area contributed by atoms with Crippen molar-refractivity contribution in [3.05, 3.63) is 46.5 Å². The summed E-state index contributed by atoms with van der Waals surface area (Å²) in [5, 5.41) is 14.1. The first-order valence-electron chi connectivity index (χ1n) is 5.93. The zero-order valence-corrected chi connectivity index (χ0v) is 11.0. The van der Waals surface area contributed by atoms with E-state index in [-0.39, 0.29) is 5.82 Å². The van der Waals surface area contributed by atoms with E-state index in [2.05, 4.69) is 5.10 Å². The van der Waals surface area contributed by atoms with E-state index in [4.69, 9.17) is 0 Å². The van der Waals surface area contributed by atoms with Crippen LogP contribution in [0.1, 0.15) is 35.5 Å². The third kappa shape index (κ3) is 1.93. The monoisotopic (exact) mass is 248 g/mol. The van der Waals surface area contributed by atoms with Crippen LogP contribution < -0.4 is 0 Å². The van der Waals surface area contributed by atoms with Crippen molar-refractivity contribution < 1.29 is 9.50 Å². The normalized spacial score (nSPS) is 12.8. The molecule has 0 radical (unpaired) electrons. The smallest absolute Gasteiger partial charge is 0.149 e. The molecule has 0 saturated carbocycles. The van der Waals surface area contributed by atoms with E-state index in [1.54, 1.807) is 23.7 Å². The van der Waals surface area contributed by atoms with Gasteiger partial charge in [-0.05, 0) is 39.3 Å². The minimum atomic E-state index is -0.736. The Kier molecular flexibility index (Phi) is 3.22. The summed E-state index contributed by atoms with van der Waals surface area (Å²) in [4.78, 5) is 0. The molecule has 2 rings (SSSR count). The second kappa shape index (κ2) is 4.53. The summed E-state index contributed by atoms with van der Waals surface area (Å²) < 4.78 is 15.6. The van der Waals surface area contributed by atoms with Crippen LogP contribution in [0.4, 0.5) is 4.39 Å². The molecule has 1 aromatic carbocycles. The molecule has 2 aromatic rings. The first-order chi connectivity index (χ1) is 8.43. The number of nitrogens with zero attached hydrogens (tertiary/aromatic N) is 2. The van der Waals surface area contributed by atoms with Crippen molar-refractivity contribution >= 4 is 0 Å². The molecule has 4 heteroatoms. The Labute approximate surface area is 106 Å². The Balaban J connectivity index is 2.74. The lowest BCUT2D eigenvalue weighted by Crippen LogP contribution is -2.08. The zero-order chi connectivity index (χ0) is 13.4. The summed E-state index contributed by atoms with van der Waals surface area (Å²) in [6.45, 7) is 7.36. The summed E-state index contributed by atoms with van der Waals surface area (Å²) in [6, 6.07) is 4.70. The van der Waals surface area contributed by atoms with E-state index in [0.29, 0.717) is 11.3 Å². The number of halogens is 1. The Bertz CT molecular complexity index is 588. The van der Waals surface area contributed by atoms with Crippen LogP contribution in [0, 0.1) is 26.6 Å². The van der Waals surface area contributed by atoms with Gasteiger partial charge >= 0.3 is 0 Å². The van der Waals surface area contributed by atoms with Gasteiger partial charge < -0.3 is 5.11 Å². The van der Waals surface area contributed by atoms with Crippen molar-refractivity contribution in [2.75, 3.05) is 0 Å². The molecule has 1 N–H and O–H groups in total. The topological polar surface area (TPSA) is 38.0 Å². The first-order valence-corrected chi connectivity index (χ1v) is 5.93. The molecule has 0 aliphatic heterocycles. The van der Waals surface area contributed by atoms with Gasteiger partial charge in [0.2, 0.25) is 0 Å². The van der Waals surface area contributed by atoms with Crippen LogP contribution in [0.25, 0.3) is 5.69 Å². The molecule has 0 aliphatic carbocycles. The molecule has 0 amide bonds. The molecule has 1 unspecified atom stereocenters. The highest BCUT2D eigenvalue weighted by molar-refractivity contribution is 5.45. The number of para-hydroxylation sites is 1. The van der Waals surface area contributed by atoms with Crippen molar-refractivity contribution in [1.82, 2.24) is 9.78 Å². The number of hydrogen-bond acceptors (Lipinski definition) is 2. The standard InChI is InChI=1S/C14H17FN2O/c1-8-9(2)16-17(10(8)3)14-12(11(4)18)6-5-7-13(14)15/h5-7,11,18H,1-4H3. The predicted octanol–water partition coefficient (Wildman–Crippen LogP) is 2.99. The number of benzene rings is 1. The molecule has 18 heavy (non-hydrogen) atoms. The van der Waals surface area contributed by atoms with Gasteiger partial charge in [0.15, 0.2) is 0 Å². The number of aliphatic hydroxyl groups is 1. The van der Waals surface area contributed by atoms with E-state index in [9.17, 15) is 9.50 Å². The highest BCUT2D eigenvalue weighted by Gasteiger charge is 2.18. The molecule has 1 heterocycles. The number of aromatic nitrogens is 2. The fraction of sp³-hybridized carbons (Fsp3) is 0.357. The summed E-state index contributed by atoms with van der Waals surface area (Å²) in [5.74, 6) is -0.376. The summed E-state index contributed by atoms with van der Waals surface area (Å²) in [5.41, 5.74) is 3.67. The van der Waals surface area contributed by atoms with E-state index in [1.165, 1.54) is 6.07 Å². The summed E-state index contributed by atoms with van der Waals surface area (Å²) >= 11 is 0. The fourth-order valence-electron chi connectivity index (χ4n) is 2.03. The van der Waals surface area contributed by atoms with Crippen molar-refractivity contribution in [2.24, 2.45) is 0 Å². The van der Waals surface area contributed by atoms with Crippen LogP contribution in [0.3, 0.4) is 0 Å². The lowest BCUT2D eigenvalue weighted by Gasteiger charge is -2.14. The van der Waals surface area contributed by atoms with Gasteiger partial charge in [-0.25, -0.2) is 9.07 Å². The molecule has 3 nitrogen and oxygen atoms in total. The largest absolute Gasteiger partial charge is 0.389 e. The molecule has 0 aliphatic rings. The van der Waals surface area contributed by atoms with Crippen molar-refractivity contribution in [3.63, 3.8) is 0 Å². The van der Waals surface area contributed by atoms with Crippen LogP contribution in [-0.4, -0.2) is 14.9 Å². The number of hydrogen-bond donors (Lipinski definition) is 1. The van der Waals surface area contributed by atoms with Crippen molar-refractivity contribution in [2.45, 2.75) is 33.8 Å². The zero-order valence-electron chi connectivity index (χ0n) is 11.0. The Morgan fingerprint density at radius 2 is 1.94 bits per heavy atom. The van der Waals surface area contributed by atoms with Crippen LogP contribution >= 0.6 is 0 Å². The molecule has 0 fully saturated rings. The predicted molar refractivity (Wildman–Crippen MR) is 68.4 cm³/mol. The SMILES string of the molecule is Cc1nn(-c2c(F)cccc2C(C)O)c(C)c1C. The van der Waals surface area contributed by atoms with Crippen LogP contribution in [0.2, 0.25) is 0 Å². The van der Waals surface area contributed by atoms with Gasteiger partial charge in [-0.15, -0.1) is 0 Å². The molecule has 1 atom stereocenters. The van der Waals surface area contributed by atoms with Crippen molar-refractivity contribution in [1.29, 1.82) is 0 Å². The molecule has 1 aromatic heterocycles. The van der Waals surface area contributed by atoms with E-state index < -0.39 is 6.10 Å². The van der Waals surface area contributed by atoms with Crippen LogP contribution in [0.15, 0.2) is 18.2 Å². The average Bonchev–Trinajstić information content (AvgIpc) is 2.56. The van der Waals surface area contributed by atoms with Gasteiger partial charge in [-0.1, -0.05) is 12.1 Å². The van der Waals surface area contributed by atoms with Crippen molar-refractivity contribution in [3.8, 4) is 5.69 Å². The average molecular weight is 248 g/mol. The number of aryl methyl sites for hydroxylation is 1. The molecule has 0 bridgehead atoms. The highest BCUT2D eigenvalue weighted by atomic mass is 19.1. The van der Waals surface area contributed by atoms with Gasteiger partial charge in [0.25, 0.3) is 0 Å². The summed E-state index contributed by atoms with van der Waals surface area (Å²) in [6.07, 6.45) is -0.736. The molecular weight excluding hydrogens is 231 g/mol. The van der Waals surface area contributed by atoms with E-state index in [0.717, 1.165) is 17.0 Å². The minimum Gasteiger partial charge on any atom is -0.389 e. The Morgan fingerprint density at radius 3 is 2.44 bits per heavy atom. The number of aliphatic hydroxyl groups excluding tert-OH is 1. The van der Waals surface area contributed by atoms with E-state index in [1.807, 2.05) is 20.8 Å². The van der Waals surface area contributed by atoms with Crippen LogP contribution in [-0.2, 0) is 0 Å². The second-order valence-electron chi connectivity index (χ2n) is 4.56. The third-order valence-electron chi connectivity index (χ3n) is 3.33. The van der Waals surface area contributed by atoms with Gasteiger partial charge in [0.05, 0.1) is 11.8 Å². The van der Waals surface area contributed by atoms with Gasteiger partial charge in [0, 0.05) is 11.3 Å². The lowest BCUT2D eigenvalue weighted by atomic mass is 10.1. The highest BCUT2D eigenvalue weighted by Crippen LogP contribution is 2.26. The lowest BCUT2D eigenvalue weighted by molar-refractivity contribution is 0.198. The van der Waals surface area contributed by atoms with Crippen LogP contribution in [0.5, 0.6) is 0 Å². The van der Waals surface area contributed by atoms with Gasteiger partial charge in [-0.2, -0.15) is 5.10 Å². The molecule has 0 saturated heterocycles. The van der Waals surface area contributed by atoms with Gasteiger partial charge in [0.1, 0.15) is 11.5 Å². The van der Waals surface area contributed by atoms with Gasteiger partial charge in [-0.3, -0.25) is 0 Å². The Morgan fingerprint density at radius 1 is 1.28 bits per heavy atom. The maximum absolute atomic E-state index is 14.0. The van der Waals surface area contributed by atoms with E-state index >= 15 is 0 Å². The maximum atomic E-state index is 14.0. The molecule has 96 valence electrons. The molecular formula is C14H17FN2O. The molecule has 0 spiro atoms. The summed E-state index contributed by atoms with van der Waals surface area (Å²) in [7, 11) is 0. The number of rotatable bonds is 2. The third-order valence-corrected chi connectivity index (χ3v) is 3.33. The second-order valence-corrected chi connectivity index (χ2v) is 4.56. The fourth-order valence-corrected chi connectivity index (χ4v) is 2.03. The maximum Gasteiger partial charge on any atom is 0.149 e. The quantitative estimate of drug-likeness (QED) is 0.887. The minimum absolute atomic E-state index is 0.334.